The van der Waals surface area contributed by atoms with Gasteiger partial charge in [0.25, 0.3) is 0 Å². The fourth-order valence-corrected chi connectivity index (χ4v) is 4.83. The summed E-state index contributed by atoms with van der Waals surface area (Å²) in [7, 11) is 0. The van der Waals surface area contributed by atoms with Crippen LogP contribution in [0.3, 0.4) is 0 Å². The molecule has 0 N–H and O–H groups in total. The molecule has 2 saturated heterocycles. The number of nitrogens with zero attached hydrogens (tertiary/aromatic N) is 3. The van der Waals surface area contributed by atoms with Crippen molar-refractivity contribution in [3.8, 4) is 0 Å². The van der Waals surface area contributed by atoms with Gasteiger partial charge in [0, 0.05) is 49.4 Å². The van der Waals surface area contributed by atoms with E-state index < -0.39 is 18.2 Å². The Balaban J connectivity index is 1.44. The second-order valence-corrected chi connectivity index (χ2v) is 8.78. The maximum Gasteiger partial charge on any atom is 0.490 e. The summed E-state index contributed by atoms with van der Waals surface area (Å²) in [4.78, 5) is 20.3. The van der Waals surface area contributed by atoms with Gasteiger partial charge in [-0.15, -0.1) is 0 Å². The van der Waals surface area contributed by atoms with Crippen molar-refractivity contribution in [1.82, 2.24) is 9.88 Å². The van der Waals surface area contributed by atoms with Gasteiger partial charge >= 0.3 is 12.1 Å². The van der Waals surface area contributed by atoms with Gasteiger partial charge in [-0.25, -0.2) is 9.78 Å². The van der Waals surface area contributed by atoms with Crippen LogP contribution in [0, 0.1) is 0 Å². The topological polar surface area (TPSA) is 45.7 Å². The molecule has 2 fully saturated rings. The van der Waals surface area contributed by atoms with Crippen molar-refractivity contribution in [2.24, 2.45) is 0 Å². The van der Waals surface area contributed by atoms with Crippen LogP contribution >= 0.6 is 11.6 Å². The van der Waals surface area contributed by atoms with Gasteiger partial charge in [-0.05, 0) is 49.1 Å². The molecular formula is C23H25ClF3N3O2. The van der Waals surface area contributed by atoms with Crippen molar-refractivity contribution in [3.63, 3.8) is 0 Å². The highest BCUT2D eigenvalue weighted by Crippen LogP contribution is 2.32. The number of carbonyl (C=O) groups is 1. The third kappa shape index (κ3) is 5.53. The zero-order valence-electron chi connectivity index (χ0n) is 17.5. The first kappa shape index (κ1) is 22.9. The molecule has 32 heavy (non-hydrogen) atoms. The number of esters is 1. The summed E-state index contributed by atoms with van der Waals surface area (Å²) in [5, 5.41) is 0.635. The number of pyridine rings is 1. The number of alkyl halides is 3. The summed E-state index contributed by atoms with van der Waals surface area (Å²) in [6.45, 7) is 1.95. The van der Waals surface area contributed by atoms with Crippen molar-refractivity contribution >= 4 is 23.4 Å². The molecule has 5 nitrogen and oxygen atoms in total. The average molecular weight is 468 g/mol. The number of rotatable bonds is 5. The van der Waals surface area contributed by atoms with E-state index in [4.69, 9.17) is 16.3 Å². The predicted octanol–water partition coefficient (Wildman–Crippen LogP) is 4.49. The average Bonchev–Trinajstić information content (AvgIpc) is 3.17. The Hall–Kier alpha value is -2.32. The number of anilines is 1. The van der Waals surface area contributed by atoms with Crippen LogP contribution in [0.4, 0.5) is 19.0 Å². The van der Waals surface area contributed by atoms with Crippen LogP contribution in [-0.4, -0.2) is 59.9 Å². The predicted molar refractivity (Wildman–Crippen MR) is 116 cm³/mol. The first-order valence-corrected chi connectivity index (χ1v) is 11.1. The van der Waals surface area contributed by atoms with Crippen LogP contribution in [0.15, 0.2) is 48.7 Å². The second kappa shape index (κ2) is 9.67. The van der Waals surface area contributed by atoms with Gasteiger partial charge in [-0.2, -0.15) is 13.2 Å². The molecule has 1 aromatic heterocycles. The van der Waals surface area contributed by atoms with E-state index in [9.17, 15) is 18.0 Å². The fourth-order valence-electron chi connectivity index (χ4n) is 4.71. The molecule has 1 aromatic carbocycles. The van der Waals surface area contributed by atoms with Crippen LogP contribution < -0.4 is 4.90 Å². The van der Waals surface area contributed by atoms with Crippen molar-refractivity contribution in [2.45, 2.75) is 50.0 Å². The largest absolute Gasteiger partial charge is 0.490 e. The number of carbonyl (C=O) groups excluding carboxylic acids is 1. The van der Waals surface area contributed by atoms with Gasteiger partial charge in [0.1, 0.15) is 11.9 Å². The summed E-state index contributed by atoms with van der Waals surface area (Å²) >= 11 is 5.98. The lowest BCUT2D eigenvalue weighted by Gasteiger charge is -2.39. The molecule has 0 radical (unpaired) electrons. The molecule has 0 spiro atoms. The molecule has 2 atom stereocenters. The molecule has 172 valence electrons. The Labute approximate surface area is 190 Å². The first-order chi connectivity index (χ1) is 15.3. The summed E-state index contributed by atoms with van der Waals surface area (Å²) < 4.78 is 43.0. The van der Waals surface area contributed by atoms with Gasteiger partial charge in [0.05, 0.1) is 0 Å². The van der Waals surface area contributed by atoms with Gasteiger partial charge in [0.2, 0.25) is 0 Å². The molecule has 0 amide bonds. The fraction of sp³-hybridized carbons (Fsp3) is 0.478. The third-order valence-corrected chi connectivity index (χ3v) is 6.47. The minimum Gasteiger partial charge on any atom is -0.454 e. The number of hydrogen-bond donors (Lipinski definition) is 0. The molecule has 4 rings (SSSR count). The monoisotopic (exact) mass is 467 g/mol. The van der Waals surface area contributed by atoms with Gasteiger partial charge in [0.15, 0.2) is 0 Å². The second-order valence-electron chi connectivity index (χ2n) is 8.35. The summed E-state index contributed by atoms with van der Waals surface area (Å²) in [5.74, 6) is -1.18. The first-order valence-electron chi connectivity index (χ1n) is 10.7. The number of likely N-dealkylation sites (tertiary alicyclic amines) is 1. The van der Waals surface area contributed by atoms with Gasteiger partial charge in [-0.3, -0.25) is 4.90 Å². The van der Waals surface area contributed by atoms with E-state index >= 15 is 0 Å². The van der Waals surface area contributed by atoms with Gasteiger partial charge < -0.3 is 9.64 Å². The summed E-state index contributed by atoms with van der Waals surface area (Å²) in [6, 6.07) is 13.5. The summed E-state index contributed by atoms with van der Waals surface area (Å²) in [6.07, 6.45) is -1.20. The van der Waals surface area contributed by atoms with E-state index in [0.717, 1.165) is 37.3 Å². The van der Waals surface area contributed by atoms with E-state index in [-0.39, 0.29) is 12.1 Å². The number of aromatic nitrogens is 1. The lowest BCUT2D eigenvalue weighted by Crippen LogP contribution is -2.48. The van der Waals surface area contributed by atoms with E-state index in [0.29, 0.717) is 24.4 Å². The lowest BCUT2D eigenvalue weighted by atomic mass is 9.99. The van der Waals surface area contributed by atoms with E-state index in [2.05, 4.69) is 14.8 Å². The number of ether oxygens (including phenoxy) is 1. The Bertz CT molecular complexity index is 903. The Kier molecular flexibility index (Phi) is 6.90. The molecule has 0 aliphatic carbocycles. The highest BCUT2D eigenvalue weighted by molar-refractivity contribution is 6.30. The highest BCUT2D eigenvalue weighted by atomic mass is 35.5. The zero-order valence-corrected chi connectivity index (χ0v) is 18.2. The van der Waals surface area contributed by atoms with Crippen LogP contribution in [0.1, 0.15) is 24.8 Å². The Morgan fingerprint density at radius 2 is 1.84 bits per heavy atom. The van der Waals surface area contributed by atoms with Crippen molar-refractivity contribution in [1.29, 1.82) is 0 Å². The Morgan fingerprint density at radius 3 is 2.47 bits per heavy atom. The smallest absolute Gasteiger partial charge is 0.454 e. The van der Waals surface area contributed by atoms with E-state index in [1.54, 1.807) is 6.20 Å². The molecule has 9 heteroatoms. The normalized spacial score (nSPS) is 22.8. The molecular weight excluding hydrogens is 443 g/mol. The van der Waals surface area contributed by atoms with Crippen molar-refractivity contribution in [3.05, 3.63) is 59.2 Å². The lowest BCUT2D eigenvalue weighted by molar-refractivity contribution is -0.204. The van der Waals surface area contributed by atoms with Crippen LogP contribution in [0.2, 0.25) is 5.02 Å². The third-order valence-electron chi connectivity index (χ3n) is 6.21. The molecule has 0 saturated carbocycles. The summed E-state index contributed by atoms with van der Waals surface area (Å²) in [5.41, 5.74) is 1.05. The van der Waals surface area contributed by atoms with Crippen LogP contribution in [0.25, 0.3) is 0 Å². The molecule has 2 aromatic rings. The standard InChI is InChI=1S/C23H25ClF3N3O2/c24-17-6-4-16(5-7-17)13-19-14-20(32-22(31)23(25,26)27)15-30(19)18-8-11-29(12-9-18)21-3-1-2-10-28-21/h1-7,10,18-20H,8-9,11-15H2/t19-,20+/m0/s1. The minimum atomic E-state index is -4.98. The molecule has 2 aliphatic heterocycles. The molecule has 0 bridgehead atoms. The number of halogens is 4. The van der Waals surface area contributed by atoms with Crippen LogP contribution in [0.5, 0.6) is 0 Å². The minimum absolute atomic E-state index is 0.00592. The van der Waals surface area contributed by atoms with Crippen molar-refractivity contribution in [2.75, 3.05) is 24.5 Å². The van der Waals surface area contributed by atoms with Crippen molar-refractivity contribution < 1.29 is 22.7 Å². The maximum absolute atomic E-state index is 12.7. The number of piperidine rings is 1. The molecule has 2 aliphatic rings. The maximum atomic E-state index is 12.7. The zero-order chi connectivity index (χ0) is 22.7. The molecule has 3 heterocycles. The van der Waals surface area contributed by atoms with Crippen LogP contribution in [-0.2, 0) is 16.0 Å². The molecule has 0 unspecified atom stereocenters. The highest BCUT2D eigenvalue weighted by Gasteiger charge is 2.45. The quantitative estimate of drug-likeness (QED) is 0.606. The SMILES string of the molecule is O=C(O[C@@H]1C[C@H](Cc2ccc(Cl)cc2)N(C2CCN(c3ccccn3)CC2)C1)C(F)(F)F. The number of hydrogen-bond acceptors (Lipinski definition) is 5. The van der Waals surface area contributed by atoms with Gasteiger partial charge in [-0.1, -0.05) is 29.8 Å². The Morgan fingerprint density at radius 1 is 1.12 bits per heavy atom. The van der Waals surface area contributed by atoms with E-state index in [1.807, 2.05) is 42.5 Å². The number of benzene rings is 1. The van der Waals surface area contributed by atoms with E-state index in [1.165, 1.54) is 0 Å².